The molecule has 0 saturated heterocycles. The maximum atomic E-state index is 11.7. The van der Waals surface area contributed by atoms with Crippen LogP contribution in [0.5, 0.6) is 0 Å². The van der Waals surface area contributed by atoms with Crippen molar-refractivity contribution < 1.29 is 14.3 Å². The van der Waals surface area contributed by atoms with Gasteiger partial charge < -0.3 is 10.1 Å². The lowest BCUT2D eigenvalue weighted by atomic mass is 10.1. The summed E-state index contributed by atoms with van der Waals surface area (Å²) >= 11 is 5.74. The zero-order valence-corrected chi connectivity index (χ0v) is 12.1. The second-order valence-corrected chi connectivity index (χ2v) is 4.76. The van der Waals surface area contributed by atoms with Crippen LogP contribution in [-0.4, -0.2) is 18.5 Å². The highest BCUT2D eigenvalue weighted by atomic mass is 35.5. The van der Waals surface area contributed by atoms with Gasteiger partial charge in [-0.25, -0.2) is 4.79 Å². The van der Waals surface area contributed by atoms with Crippen LogP contribution >= 0.6 is 11.6 Å². The topological polar surface area (TPSA) is 79.2 Å². The quantitative estimate of drug-likeness (QED) is 0.880. The van der Waals surface area contributed by atoms with Crippen LogP contribution in [0.15, 0.2) is 48.5 Å². The summed E-state index contributed by atoms with van der Waals surface area (Å²) in [5, 5.41) is 11.8. The highest BCUT2D eigenvalue weighted by molar-refractivity contribution is 6.30. The van der Waals surface area contributed by atoms with Gasteiger partial charge in [0.15, 0.2) is 6.61 Å². The van der Waals surface area contributed by atoms with Gasteiger partial charge in [0.2, 0.25) is 0 Å². The van der Waals surface area contributed by atoms with E-state index >= 15 is 0 Å². The first-order valence-electron chi connectivity index (χ1n) is 6.31. The van der Waals surface area contributed by atoms with Crippen molar-refractivity contribution in [2.45, 2.75) is 0 Å². The van der Waals surface area contributed by atoms with Gasteiger partial charge in [-0.2, -0.15) is 5.26 Å². The van der Waals surface area contributed by atoms with Crippen molar-refractivity contribution >= 4 is 29.2 Å². The summed E-state index contributed by atoms with van der Waals surface area (Å²) in [6.45, 7) is -0.401. The Morgan fingerprint density at radius 3 is 2.32 bits per heavy atom. The van der Waals surface area contributed by atoms with E-state index in [0.717, 1.165) is 0 Å². The summed E-state index contributed by atoms with van der Waals surface area (Å²) in [7, 11) is 0. The van der Waals surface area contributed by atoms with E-state index in [9.17, 15) is 9.59 Å². The number of nitrogens with zero attached hydrogens (tertiary/aromatic N) is 1. The van der Waals surface area contributed by atoms with Crippen LogP contribution in [0.1, 0.15) is 15.9 Å². The molecular formula is C16H11ClN2O3. The van der Waals surface area contributed by atoms with Crippen LogP contribution in [0.2, 0.25) is 5.02 Å². The Hall–Kier alpha value is -2.84. The standard InChI is InChI=1S/C16H11ClN2O3/c17-13-5-7-14(8-6-13)19-15(20)10-22-16(21)12-3-1-11(9-18)2-4-12/h1-8H,10H2,(H,19,20). The molecule has 2 aromatic rings. The maximum absolute atomic E-state index is 11.7. The molecule has 2 rings (SSSR count). The van der Waals surface area contributed by atoms with Gasteiger partial charge in [-0.1, -0.05) is 11.6 Å². The minimum Gasteiger partial charge on any atom is -0.452 e. The van der Waals surface area contributed by atoms with Crippen molar-refractivity contribution in [3.63, 3.8) is 0 Å². The molecular weight excluding hydrogens is 304 g/mol. The van der Waals surface area contributed by atoms with Crippen LogP contribution in [0.4, 0.5) is 5.69 Å². The third-order valence-electron chi connectivity index (χ3n) is 2.71. The van der Waals surface area contributed by atoms with Crippen molar-refractivity contribution in [1.29, 1.82) is 5.26 Å². The Balaban J connectivity index is 1.86. The zero-order chi connectivity index (χ0) is 15.9. The fraction of sp³-hybridized carbons (Fsp3) is 0.0625. The molecule has 0 unspecified atom stereocenters. The molecule has 110 valence electrons. The highest BCUT2D eigenvalue weighted by Crippen LogP contribution is 2.13. The van der Waals surface area contributed by atoms with Gasteiger partial charge in [0.1, 0.15) is 0 Å². The van der Waals surface area contributed by atoms with Crippen LogP contribution in [0.3, 0.4) is 0 Å². The number of carbonyl (C=O) groups is 2. The third kappa shape index (κ3) is 4.33. The molecule has 0 aliphatic heterocycles. The number of nitrogens with one attached hydrogen (secondary N) is 1. The van der Waals surface area contributed by atoms with Crippen molar-refractivity contribution in [2.24, 2.45) is 0 Å². The van der Waals surface area contributed by atoms with E-state index in [1.54, 1.807) is 24.3 Å². The molecule has 2 aromatic carbocycles. The lowest BCUT2D eigenvalue weighted by Gasteiger charge is -2.06. The Kier molecular flexibility index (Phi) is 5.12. The number of nitriles is 1. The number of anilines is 1. The van der Waals surface area contributed by atoms with Gasteiger partial charge >= 0.3 is 5.97 Å². The number of halogens is 1. The first-order valence-corrected chi connectivity index (χ1v) is 6.69. The Morgan fingerprint density at radius 2 is 1.73 bits per heavy atom. The van der Waals surface area contributed by atoms with Crippen molar-refractivity contribution in [2.75, 3.05) is 11.9 Å². The number of hydrogen-bond acceptors (Lipinski definition) is 4. The average molecular weight is 315 g/mol. The smallest absolute Gasteiger partial charge is 0.338 e. The molecule has 0 aliphatic carbocycles. The zero-order valence-electron chi connectivity index (χ0n) is 11.4. The molecule has 0 radical (unpaired) electrons. The number of amides is 1. The van der Waals surface area contributed by atoms with Gasteiger partial charge in [0.25, 0.3) is 5.91 Å². The SMILES string of the molecule is N#Cc1ccc(C(=O)OCC(=O)Nc2ccc(Cl)cc2)cc1. The maximum Gasteiger partial charge on any atom is 0.338 e. The first-order chi connectivity index (χ1) is 10.6. The second kappa shape index (κ2) is 7.25. The molecule has 1 N–H and O–H groups in total. The highest BCUT2D eigenvalue weighted by Gasteiger charge is 2.10. The molecule has 0 bridgehead atoms. The Bertz CT molecular complexity index is 719. The molecule has 0 aliphatic rings. The minimum atomic E-state index is -0.629. The molecule has 22 heavy (non-hydrogen) atoms. The molecule has 0 atom stereocenters. The summed E-state index contributed by atoms with van der Waals surface area (Å²) in [5.41, 5.74) is 1.28. The summed E-state index contributed by atoms with van der Waals surface area (Å²) < 4.78 is 4.90. The van der Waals surface area contributed by atoms with Crippen molar-refractivity contribution in [3.8, 4) is 6.07 Å². The number of esters is 1. The summed E-state index contributed by atoms with van der Waals surface area (Å²) in [4.78, 5) is 23.4. The van der Waals surface area contributed by atoms with E-state index in [1.165, 1.54) is 24.3 Å². The van der Waals surface area contributed by atoms with Crippen LogP contribution in [0, 0.1) is 11.3 Å². The monoisotopic (exact) mass is 314 g/mol. The van der Waals surface area contributed by atoms with E-state index < -0.39 is 18.5 Å². The lowest BCUT2D eigenvalue weighted by Crippen LogP contribution is -2.20. The Labute approximate surface area is 132 Å². The van der Waals surface area contributed by atoms with E-state index in [0.29, 0.717) is 16.3 Å². The molecule has 0 spiro atoms. The van der Waals surface area contributed by atoms with Gasteiger partial charge in [-0.15, -0.1) is 0 Å². The van der Waals surface area contributed by atoms with Crippen LogP contribution in [0.25, 0.3) is 0 Å². The summed E-state index contributed by atoms with van der Waals surface area (Å²) in [6, 6.07) is 14.5. The van der Waals surface area contributed by atoms with Gasteiger partial charge in [-0.05, 0) is 48.5 Å². The summed E-state index contributed by atoms with van der Waals surface area (Å²) in [5.74, 6) is -1.08. The van der Waals surface area contributed by atoms with Gasteiger partial charge in [0.05, 0.1) is 17.2 Å². The lowest BCUT2D eigenvalue weighted by molar-refractivity contribution is -0.119. The number of benzene rings is 2. The van der Waals surface area contributed by atoms with E-state index in [1.807, 2.05) is 6.07 Å². The van der Waals surface area contributed by atoms with E-state index in [2.05, 4.69) is 5.32 Å². The molecule has 0 fully saturated rings. The average Bonchev–Trinajstić information content (AvgIpc) is 2.55. The van der Waals surface area contributed by atoms with Crippen molar-refractivity contribution in [1.82, 2.24) is 0 Å². The third-order valence-corrected chi connectivity index (χ3v) is 2.96. The summed E-state index contributed by atoms with van der Waals surface area (Å²) in [6.07, 6.45) is 0. The van der Waals surface area contributed by atoms with Gasteiger partial charge in [-0.3, -0.25) is 4.79 Å². The number of rotatable bonds is 4. The largest absolute Gasteiger partial charge is 0.452 e. The molecule has 0 saturated carbocycles. The van der Waals surface area contributed by atoms with Crippen molar-refractivity contribution in [3.05, 3.63) is 64.7 Å². The molecule has 6 heteroatoms. The molecule has 5 nitrogen and oxygen atoms in total. The molecule has 0 heterocycles. The minimum absolute atomic E-state index is 0.276. The number of ether oxygens (including phenoxy) is 1. The number of carbonyl (C=O) groups excluding carboxylic acids is 2. The molecule has 0 aromatic heterocycles. The van der Waals surface area contributed by atoms with Crippen LogP contribution in [-0.2, 0) is 9.53 Å². The predicted octanol–water partition coefficient (Wildman–Crippen LogP) is 3.01. The fourth-order valence-corrected chi connectivity index (χ4v) is 1.75. The first kappa shape index (κ1) is 15.5. The predicted molar refractivity (Wildman–Crippen MR) is 81.5 cm³/mol. The fourth-order valence-electron chi connectivity index (χ4n) is 1.63. The normalized spacial score (nSPS) is 9.64. The molecule has 1 amide bonds. The second-order valence-electron chi connectivity index (χ2n) is 4.32. The Morgan fingerprint density at radius 1 is 1.09 bits per heavy atom. The van der Waals surface area contributed by atoms with Crippen LogP contribution < -0.4 is 5.32 Å². The van der Waals surface area contributed by atoms with Gasteiger partial charge in [0, 0.05) is 10.7 Å². The number of hydrogen-bond donors (Lipinski definition) is 1. The van der Waals surface area contributed by atoms with E-state index in [4.69, 9.17) is 21.6 Å². The van der Waals surface area contributed by atoms with E-state index in [-0.39, 0.29) is 5.56 Å².